The van der Waals surface area contributed by atoms with Gasteiger partial charge in [0.2, 0.25) is 5.95 Å². The third-order valence-corrected chi connectivity index (χ3v) is 5.31. The molecule has 172 valence electrons. The molecule has 10 heteroatoms. The molecule has 0 aliphatic carbocycles. The van der Waals surface area contributed by atoms with Crippen molar-refractivity contribution in [2.75, 3.05) is 36.0 Å². The van der Waals surface area contributed by atoms with Crippen molar-refractivity contribution in [2.45, 2.75) is 46.1 Å². The Labute approximate surface area is 196 Å². The van der Waals surface area contributed by atoms with Crippen molar-refractivity contribution in [1.82, 2.24) is 15.3 Å². The lowest BCUT2D eigenvalue weighted by atomic mass is 10.1. The molecular formula is C21H32Cl2N6O2. The highest BCUT2D eigenvalue weighted by atomic mass is 35.5. The van der Waals surface area contributed by atoms with Crippen LogP contribution in [-0.2, 0) is 0 Å². The number of nitro benzene ring substituents is 1. The first-order chi connectivity index (χ1) is 14.0. The van der Waals surface area contributed by atoms with Gasteiger partial charge in [-0.05, 0) is 38.4 Å². The van der Waals surface area contributed by atoms with Gasteiger partial charge in [0.05, 0.1) is 10.6 Å². The molecule has 1 N–H and O–H groups in total. The number of nitrogens with zero attached hydrogens (tertiary/aromatic N) is 5. The first-order valence-corrected chi connectivity index (χ1v) is 10.4. The molecule has 1 atom stereocenters. The van der Waals surface area contributed by atoms with Gasteiger partial charge in [-0.3, -0.25) is 10.1 Å². The number of aromatic nitrogens is 2. The summed E-state index contributed by atoms with van der Waals surface area (Å²) in [4.78, 5) is 24.6. The maximum atomic E-state index is 11.4. The molecule has 2 heterocycles. The van der Waals surface area contributed by atoms with Gasteiger partial charge in [-0.2, -0.15) is 4.98 Å². The Morgan fingerprint density at radius 1 is 1.29 bits per heavy atom. The molecule has 1 aliphatic rings. The fourth-order valence-electron chi connectivity index (χ4n) is 3.69. The van der Waals surface area contributed by atoms with Crippen LogP contribution in [0.5, 0.6) is 0 Å². The average molecular weight is 471 g/mol. The van der Waals surface area contributed by atoms with Gasteiger partial charge in [0, 0.05) is 43.5 Å². The van der Waals surface area contributed by atoms with Crippen molar-refractivity contribution in [3.05, 3.63) is 46.1 Å². The topological polar surface area (TPSA) is 87.4 Å². The third-order valence-electron chi connectivity index (χ3n) is 5.31. The predicted molar refractivity (Wildman–Crippen MR) is 131 cm³/mol. The van der Waals surface area contributed by atoms with Gasteiger partial charge in [0.15, 0.2) is 0 Å². The van der Waals surface area contributed by atoms with Crippen molar-refractivity contribution < 1.29 is 4.92 Å². The molecule has 0 bridgehead atoms. The fourth-order valence-corrected chi connectivity index (χ4v) is 3.69. The van der Waals surface area contributed by atoms with E-state index in [9.17, 15) is 10.1 Å². The van der Waals surface area contributed by atoms with Crippen LogP contribution < -0.4 is 15.1 Å². The largest absolute Gasteiger partial charge is 0.355 e. The Morgan fingerprint density at radius 3 is 2.74 bits per heavy atom. The van der Waals surface area contributed by atoms with Crippen LogP contribution in [0.4, 0.5) is 23.1 Å². The lowest BCUT2D eigenvalue weighted by molar-refractivity contribution is -0.385. The molecule has 2 aromatic rings. The normalized spacial score (nSPS) is 15.2. The summed E-state index contributed by atoms with van der Waals surface area (Å²) in [6.45, 7) is 9.55. The van der Waals surface area contributed by atoms with Gasteiger partial charge in [0.25, 0.3) is 5.69 Å². The number of likely N-dealkylation sites (N-methyl/N-ethyl adjacent to an activating group) is 1. The predicted octanol–water partition coefficient (Wildman–Crippen LogP) is 4.66. The molecule has 0 saturated carbocycles. The van der Waals surface area contributed by atoms with E-state index >= 15 is 0 Å². The molecule has 31 heavy (non-hydrogen) atoms. The van der Waals surface area contributed by atoms with Crippen LogP contribution in [-0.4, -0.2) is 47.1 Å². The quantitative estimate of drug-likeness (QED) is 0.420. The molecule has 1 aliphatic heterocycles. The molecule has 0 spiro atoms. The van der Waals surface area contributed by atoms with E-state index in [1.807, 2.05) is 17.0 Å². The fraction of sp³-hybridized carbons (Fsp3) is 0.524. The highest BCUT2D eigenvalue weighted by Crippen LogP contribution is 2.30. The Balaban J connectivity index is 0.00000240. The smallest absolute Gasteiger partial charge is 0.274 e. The number of nitro groups is 1. The summed E-state index contributed by atoms with van der Waals surface area (Å²) in [5.41, 5.74) is 1.52. The number of hydrogen-bond acceptors (Lipinski definition) is 7. The van der Waals surface area contributed by atoms with E-state index < -0.39 is 0 Å². The van der Waals surface area contributed by atoms with E-state index in [2.05, 4.69) is 29.0 Å². The number of hydrogen-bond donors (Lipinski definition) is 1. The van der Waals surface area contributed by atoms with Gasteiger partial charge in [-0.25, -0.2) is 4.98 Å². The van der Waals surface area contributed by atoms with Crippen molar-refractivity contribution in [1.29, 1.82) is 0 Å². The standard InChI is InChI=1S/C21H30N6O2.2ClH/c1-4-6-12-26(18-8-7-16(3)19(14-18)27(28)29)21-23-11-9-20(24-21)25-13-10-17(15-25)22-5-2;;/h7-9,11,14,17,22H,4-6,10,12-13,15H2,1-3H3;2*1H/t17-;;/m0../s1. The van der Waals surface area contributed by atoms with Crippen LogP contribution in [0.25, 0.3) is 0 Å². The summed E-state index contributed by atoms with van der Waals surface area (Å²) in [5, 5.41) is 14.9. The minimum absolute atomic E-state index is 0. The summed E-state index contributed by atoms with van der Waals surface area (Å²) in [5.74, 6) is 1.49. The average Bonchev–Trinajstić information content (AvgIpc) is 3.18. The third kappa shape index (κ3) is 6.66. The Bertz CT molecular complexity index is 854. The number of halogens is 2. The monoisotopic (exact) mass is 470 g/mol. The molecule has 1 fully saturated rings. The van der Waals surface area contributed by atoms with Crippen molar-refractivity contribution >= 4 is 48.0 Å². The number of rotatable bonds is 9. The molecule has 0 unspecified atom stereocenters. The summed E-state index contributed by atoms with van der Waals surface area (Å²) < 4.78 is 0. The van der Waals surface area contributed by atoms with E-state index in [1.54, 1.807) is 25.3 Å². The maximum Gasteiger partial charge on any atom is 0.274 e. The SMILES string of the molecule is CCCCN(c1ccc(C)c([N+](=O)[O-])c1)c1nccc(N2CC[C@H](NCC)C2)n1.Cl.Cl. The summed E-state index contributed by atoms with van der Waals surface area (Å²) in [6, 6.07) is 7.74. The number of anilines is 3. The van der Waals surface area contributed by atoms with Crippen LogP contribution in [0, 0.1) is 17.0 Å². The molecule has 0 amide bonds. The van der Waals surface area contributed by atoms with Crippen molar-refractivity contribution in [3.8, 4) is 0 Å². The summed E-state index contributed by atoms with van der Waals surface area (Å²) in [7, 11) is 0. The second-order valence-corrected chi connectivity index (χ2v) is 7.44. The zero-order valence-corrected chi connectivity index (χ0v) is 19.9. The Hall–Kier alpha value is -2.16. The van der Waals surface area contributed by atoms with Crippen LogP contribution in [0.1, 0.15) is 38.7 Å². The minimum Gasteiger partial charge on any atom is -0.355 e. The molecule has 0 radical (unpaired) electrons. The van der Waals surface area contributed by atoms with Gasteiger partial charge >= 0.3 is 0 Å². The van der Waals surface area contributed by atoms with E-state index in [0.29, 0.717) is 24.1 Å². The van der Waals surface area contributed by atoms with Crippen LogP contribution in [0.3, 0.4) is 0 Å². The van der Waals surface area contributed by atoms with E-state index in [-0.39, 0.29) is 35.4 Å². The lowest BCUT2D eigenvalue weighted by Crippen LogP contribution is -2.32. The highest BCUT2D eigenvalue weighted by Gasteiger charge is 2.24. The zero-order valence-electron chi connectivity index (χ0n) is 18.3. The molecular weight excluding hydrogens is 439 g/mol. The van der Waals surface area contributed by atoms with Crippen molar-refractivity contribution in [3.63, 3.8) is 0 Å². The molecule has 1 saturated heterocycles. The van der Waals surface area contributed by atoms with Gasteiger partial charge in [-0.15, -0.1) is 24.8 Å². The summed E-state index contributed by atoms with van der Waals surface area (Å²) >= 11 is 0. The Morgan fingerprint density at radius 2 is 2.06 bits per heavy atom. The maximum absolute atomic E-state index is 11.4. The van der Waals surface area contributed by atoms with E-state index in [4.69, 9.17) is 4.98 Å². The number of nitrogens with one attached hydrogen (secondary N) is 1. The number of benzene rings is 1. The minimum atomic E-state index is -0.334. The number of unbranched alkanes of at least 4 members (excludes halogenated alkanes) is 1. The Kier molecular flexibility index (Phi) is 11.0. The summed E-state index contributed by atoms with van der Waals surface area (Å²) in [6.07, 6.45) is 4.83. The second kappa shape index (κ2) is 12.6. The molecule has 8 nitrogen and oxygen atoms in total. The van der Waals surface area contributed by atoms with Gasteiger partial charge in [0.1, 0.15) is 5.82 Å². The first kappa shape index (κ1) is 26.9. The van der Waals surface area contributed by atoms with Crippen molar-refractivity contribution in [2.24, 2.45) is 0 Å². The highest BCUT2D eigenvalue weighted by molar-refractivity contribution is 5.85. The lowest BCUT2D eigenvalue weighted by Gasteiger charge is -2.25. The second-order valence-electron chi connectivity index (χ2n) is 7.44. The van der Waals surface area contributed by atoms with Crippen LogP contribution in [0.15, 0.2) is 30.5 Å². The molecule has 3 rings (SSSR count). The van der Waals surface area contributed by atoms with Gasteiger partial charge in [-0.1, -0.05) is 26.3 Å². The molecule has 1 aromatic carbocycles. The zero-order chi connectivity index (χ0) is 20.8. The van der Waals surface area contributed by atoms with E-state index in [0.717, 1.165) is 50.4 Å². The van der Waals surface area contributed by atoms with E-state index in [1.165, 1.54) is 0 Å². The molecule has 1 aromatic heterocycles. The van der Waals surface area contributed by atoms with Crippen LogP contribution >= 0.6 is 24.8 Å². The first-order valence-electron chi connectivity index (χ1n) is 10.4. The van der Waals surface area contributed by atoms with Gasteiger partial charge < -0.3 is 15.1 Å². The van der Waals surface area contributed by atoms with Crippen LogP contribution in [0.2, 0.25) is 0 Å². The number of aryl methyl sites for hydroxylation is 1.